The van der Waals surface area contributed by atoms with Gasteiger partial charge in [0.1, 0.15) is 0 Å². The Morgan fingerprint density at radius 2 is 1.47 bits per heavy atom. The van der Waals surface area contributed by atoms with Gasteiger partial charge in [0.25, 0.3) is 0 Å². The Labute approximate surface area is 202 Å². The number of amides is 1. The van der Waals surface area contributed by atoms with E-state index in [9.17, 15) is 18.0 Å². The van der Waals surface area contributed by atoms with Gasteiger partial charge in [-0.25, -0.2) is 0 Å². The average Bonchev–Trinajstić information content (AvgIpc) is 3.66. The second-order valence-electron chi connectivity index (χ2n) is 9.43. The van der Waals surface area contributed by atoms with Crippen LogP contribution in [0, 0.1) is 0 Å². The Hall–Kier alpha value is -1.38. The van der Waals surface area contributed by atoms with E-state index >= 15 is 0 Å². The fourth-order valence-corrected chi connectivity index (χ4v) is 6.00. The number of nitrogens with zero attached hydrogens (tertiary/aromatic N) is 1. The van der Waals surface area contributed by atoms with Crippen molar-refractivity contribution in [1.29, 1.82) is 0 Å². The number of carbonyl (C=O) groups is 1. The van der Waals surface area contributed by atoms with Gasteiger partial charge in [-0.15, -0.1) is 0 Å². The molecule has 6 rings (SSSR count). The van der Waals surface area contributed by atoms with Crippen LogP contribution in [0.1, 0.15) is 47.9 Å². The number of fused-ring (bicyclic) bond motifs is 4. The van der Waals surface area contributed by atoms with Crippen LogP contribution in [0.25, 0.3) is 0 Å². The number of halogens is 5. The van der Waals surface area contributed by atoms with Gasteiger partial charge in [0.05, 0.1) is 0 Å². The second-order valence-corrected chi connectivity index (χ2v) is 11.3. The maximum absolute atomic E-state index is 12.6. The Morgan fingerprint density at radius 1 is 0.906 bits per heavy atom. The van der Waals surface area contributed by atoms with Crippen molar-refractivity contribution in [2.45, 2.75) is 55.8 Å². The third-order valence-corrected chi connectivity index (χ3v) is 8.13. The van der Waals surface area contributed by atoms with Crippen molar-refractivity contribution in [2.24, 2.45) is 0 Å². The van der Waals surface area contributed by atoms with E-state index in [1.54, 1.807) is 5.56 Å². The molecule has 2 aliphatic carbocycles. The molecule has 3 nitrogen and oxygen atoms in total. The molecule has 0 aromatic heterocycles. The van der Waals surface area contributed by atoms with Crippen molar-refractivity contribution in [2.75, 3.05) is 13.1 Å². The van der Waals surface area contributed by atoms with Gasteiger partial charge in [-0.05, 0) is 72.2 Å². The van der Waals surface area contributed by atoms with Crippen LogP contribution in [0.5, 0.6) is 0 Å². The lowest BCUT2D eigenvalue weighted by Gasteiger charge is -2.35. The fraction of sp³-hybridized carbons (Fsp3) is 0.458. The summed E-state index contributed by atoms with van der Waals surface area (Å²) in [5.74, 6) is -1.73. The maximum Gasteiger partial charge on any atom is 0.471 e. The van der Waals surface area contributed by atoms with E-state index in [1.807, 2.05) is 18.2 Å². The first-order valence-electron chi connectivity index (χ1n) is 10.8. The van der Waals surface area contributed by atoms with E-state index in [1.165, 1.54) is 29.4 Å². The summed E-state index contributed by atoms with van der Waals surface area (Å²) in [6.07, 6.45) is -0.352. The van der Waals surface area contributed by atoms with Crippen LogP contribution in [0.4, 0.5) is 13.2 Å². The van der Waals surface area contributed by atoms with Crippen LogP contribution >= 0.6 is 31.9 Å². The zero-order valence-electron chi connectivity index (χ0n) is 17.4. The van der Waals surface area contributed by atoms with Gasteiger partial charge in [0.15, 0.2) is 0 Å². The summed E-state index contributed by atoms with van der Waals surface area (Å²) in [4.78, 5) is 12.4. The minimum Gasteiger partial charge on any atom is -0.330 e. The zero-order valence-corrected chi connectivity index (χ0v) is 20.5. The summed E-state index contributed by atoms with van der Waals surface area (Å²) in [7, 11) is 0. The number of rotatable bonds is 0. The van der Waals surface area contributed by atoms with Crippen molar-refractivity contribution in [3.63, 3.8) is 0 Å². The zero-order chi connectivity index (χ0) is 22.7. The molecule has 0 atom stereocenters. The lowest BCUT2D eigenvalue weighted by atomic mass is 9.87. The van der Waals surface area contributed by atoms with Gasteiger partial charge in [0.2, 0.25) is 0 Å². The number of hydrogen-bond acceptors (Lipinski definition) is 2. The van der Waals surface area contributed by atoms with E-state index in [0.29, 0.717) is 5.41 Å². The first-order chi connectivity index (χ1) is 15.1. The minimum atomic E-state index is -4.79. The molecule has 2 saturated carbocycles. The summed E-state index contributed by atoms with van der Waals surface area (Å²) in [6.45, 7) is 2.44. The molecule has 4 aliphatic rings. The van der Waals surface area contributed by atoms with Gasteiger partial charge in [0, 0.05) is 46.0 Å². The van der Waals surface area contributed by atoms with E-state index < -0.39 is 12.1 Å². The number of nitrogens with one attached hydrogen (secondary N) is 1. The van der Waals surface area contributed by atoms with Crippen LogP contribution in [-0.4, -0.2) is 30.1 Å². The number of carbonyl (C=O) groups excluding carboxylic acids is 1. The van der Waals surface area contributed by atoms with Gasteiger partial charge in [-0.1, -0.05) is 44.0 Å². The van der Waals surface area contributed by atoms with Crippen molar-refractivity contribution < 1.29 is 18.0 Å². The standard InChI is InChI=1S/C13H11BrF3NO.C11H12BrN/c14-9-1-2-10-8(5-9)6-18(7-12(10)3-4-12)11(19)13(15,16)17;12-9-1-2-10-8(5-9)6-13-7-11(10)3-4-11/h1-2,5H,3-4,6-7H2;1-2,5,13H,3-4,6-7H2. The molecular weight excluding hydrogens is 549 g/mol. The van der Waals surface area contributed by atoms with E-state index in [4.69, 9.17) is 0 Å². The summed E-state index contributed by atoms with van der Waals surface area (Å²) < 4.78 is 39.7. The quantitative estimate of drug-likeness (QED) is 0.422. The number of benzene rings is 2. The molecule has 2 spiro atoms. The summed E-state index contributed by atoms with van der Waals surface area (Å²) in [5.41, 5.74) is 5.27. The Balaban J connectivity index is 0.000000144. The van der Waals surface area contributed by atoms with E-state index in [-0.39, 0.29) is 18.5 Å². The molecule has 0 bridgehead atoms. The lowest BCUT2D eigenvalue weighted by Crippen LogP contribution is -2.47. The summed E-state index contributed by atoms with van der Waals surface area (Å²) >= 11 is 6.84. The Kier molecular flexibility index (Phi) is 5.49. The molecule has 1 amide bonds. The minimum absolute atomic E-state index is 0.0366. The molecule has 0 saturated heterocycles. The van der Waals surface area contributed by atoms with Crippen molar-refractivity contribution >= 4 is 37.8 Å². The molecule has 2 fully saturated rings. The highest BCUT2D eigenvalue weighted by atomic mass is 79.9. The van der Waals surface area contributed by atoms with Crippen LogP contribution in [0.3, 0.4) is 0 Å². The maximum atomic E-state index is 12.6. The monoisotopic (exact) mass is 570 g/mol. The number of hydrogen-bond donors (Lipinski definition) is 1. The van der Waals surface area contributed by atoms with Crippen molar-refractivity contribution in [3.8, 4) is 0 Å². The van der Waals surface area contributed by atoms with Gasteiger partial charge in [-0.2, -0.15) is 13.2 Å². The molecule has 0 unspecified atom stereocenters. The predicted molar refractivity (Wildman–Crippen MR) is 123 cm³/mol. The fourth-order valence-electron chi connectivity index (χ4n) is 5.18. The van der Waals surface area contributed by atoms with Gasteiger partial charge in [-0.3, -0.25) is 4.79 Å². The highest BCUT2D eigenvalue weighted by molar-refractivity contribution is 9.10. The summed E-state index contributed by atoms with van der Waals surface area (Å²) in [5, 5.41) is 3.50. The van der Waals surface area contributed by atoms with Crippen LogP contribution in [0.15, 0.2) is 45.3 Å². The predicted octanol–water partition coefficient (Wildman–Crippen LogP) is 5.97. The van der Waals surface area contributed by atoms with Crippen molar-refractivity contribution in [3.05, 3.63) is 67.6 Å². The molecule has 0 radical (unpaired) electrons. The Morgan fingerprint density at radius 3 is 2.03 bits per heavy atom. The highest BCUT2D eigenvalue weighted by Gasteiger charge is 2.53. The first-order valence-corrected chi connectivity index (χ1v) is 12.4. The van der Waals surface area contributed by atoms with Crippen molar-refractivity contribution in [1.82, 2.24) is 10.2 Å². The molecule has 2 heterocycles. The third kappa shape index (κ3) is 4.14. The molecule has 2 aromatic carbocycles. The second kappa shape index (κ2) is 7.84. The largest absolute Gasteiger partial charge is 0.471 e. The van der Waals surface area contributed by atoms with Gasteiger partial charge < -0.3 is 10.2 Å². The molecule has 1 N–H and O–H groups in total. The topological polar surface area (TPSA) is 32.3 Å². The SMILES string of the molecule is Brc1ccc2c(c1)CNCC21CC1.O=C(N1Cc2cc(Br)ccc2C2(CC2)C1)C(F)(F)F. The molecule has 32 heavy (non-hydrogen) atoms. The summed E-state index contributed by atoms with van der Waals surface area (Å²) in [6, 6.07) is 12.4. The van der Waals surface area contributed by atoms with Gasteiger partial charge >= 0.3 is 12.1 Å². The lowest BCUT2D eigenvalue weighted by molar-refractivity contribution is -0.187. The first kappa shape index (κ1) is 22.4. The molecule has 2 aromatic rings. The highest BCUT2D eigenvalue weighted by Crippen LogP contribution is 2.53. The van der Waals surface area contributed by atoms with Crippen LogP contribution in [0.2, 0.25) is 0 Å². The third-order valence-electron chi connectivity index (χ3n) is 7.15. The van der Waals surface area contributed by atoms with E-state index in [2.05, 4.69) is 55.4 Å². The Bertz CT molecular complexity index is 1080. The van der Waals surface area contributed by atoms with Crippen LogP contribution in [-0.2, 0) is 28.7 Å². The van der Waals surface area contributed by atoms with Crippen LogP contribution < -0.4 is 5.32 Å². The molecule has 8 heteroatoms. The average molecular weight is 572 g/mol. The molecule has 2 aliphatic heterocycles. The molecular formula is C24H23Br2F3N2O. The normalized spacial score (nSPS) is 21.3. The van der Waals surface area contributed by atoms with E-state index in [0.717, 1.165) is 39.9 Å². The number of alkyl halides is 3. The smallest absolute Gasteiger partial charge is 0.330 e. The molecule has 170 valence electrons.